The van der Waals surface area contributed by atoms with Gasteiger partial charge < -0.3 is 10.6 Å². The Kier molecular flexibility index (Phi) is 7.86. The minimum atomic E-state index is 0. The Morgan fingerprint density at radius 1 is 1.39 bits per heavy atom. The molecular weight excluding hydrogens is 357 g/mol. The van der Waals surface area contributed by atoms with Crippen molar-refractivity contribution >= 4 is 41.3 Å². The molecule has 1 rings (SSSR count). The summed E-state index contributed by atoms with van der Waals surface area (Å²) in [6.07, 6.45) is 0. The Morgan fingerprint density at radius 2 is 2.00 bits per heavy atom. The van der Waals surface area contributed by atoms with E-state index in [-0.39, 0.29) is 29.4 Å². The summed E-state index contributed by atoms with van der Waals surface area (Å²) in [5.74, 6) is 0.652. The third-order valence-electron chi connectivity index (χ3n) is 2.91. The van der Waals surface area contributed by atoms with E-state index in [1.54, 1.807) is 11.3 Å². The topological polar surface area (TPSA) is 41.6 Å². The lowest BCUT2D eigenvalue weighted by molar-refractivity contribution is 0.452. The normalized spacial score (nSPS) is 12.1. The molecular formula is C13H24IN3S. The molecule has 3 nitrogen and oxygen atoms in total. The third kappa shape index (κ3) is 4.76. The Labute approximate surface area is 131 Å². The molecule has 104 valence electrons. The Bertz CT molecular complexity index is 356. The van der Waals surface area contributed by atoms with E-state index in [0.717, 1.165) is 19.6 Å². The average molecular weight is 381 g/mol. The summed E-state index contributed by atoms with van der Waals surface area (Å²) in [6.45, 7) is 11.1. The first-order valence-electron chi connectivity index (χ1n) is 6.10. The van der Waals surface area contributed by atoms with E-state index in [2.05, 4.69) is 55.1 Å². The molecule has 0 amide bonds. The van der Waals surface area contributed by atoms with Crippen LogP contribution >= 0.6 is 35.3 Å². The molecule has 0 aliphatic carbocycles. The highest BCUT2D eigenvalue weighted by molar-refractivity contribution is 14.0. The molecule has 0 atom stereocenters. The fourth-order valence-electron chi connectivity index (χ4n) is 1.67. The van der Waals surface area contributed by atoms with Crippen molar-refractivity contribution in [3.05, 3.63) is 22.4 Å². The Morgan fingerprint density at radius 3 is 2.44 bits per heavy atom. The second kappa shape index (κ2) is 7.99. The number of thiophene rings is 1. The number of hydrogen-bond acceptors (Lipinski definition) is 2. The molecule has 1 aromatic heterocycles. The van der Waals surface area contributed by atoms with E-state index >= 15 is 0 Å². The number of nitrogens with zero attached hydrogens (tertiary/aromatic N) is 2. The van der Waals surface area contributed by atoms with Crippen molar-refractivity contribution in [1.82, 2.24) is 4.90 Å². The van der Waals surface area contributed by atoms with Crippen LogP contribution in [0.5, 0.6) is 0 Å². The van der Waals surface area contributed by atoms with Crippen LogP contribution in [0.15, 0.2) is 22.5 Å². The lowest BCUT2D eigenvalue weighted by Gasteiger charge is -2.24. The lowest BCUT2D eigenvalue weighted by Crippen LogP contribution is -2.38. The van der Waals surface area contributed by atoms with Crippen molar-refractivity contribution in [2.45, 2.75) is 33.1 Å². The van der Waals surface area contributed by atoms with E-state index < -0.39 is 0 Å². The summed E-state index contributed by atoms with van der Waals surface area (Å²) in [5.41, 5.74) is 6.04. The second-order valence-electron chi connectivity index (χ2n) is 4.71. The monoisotopic (exact) mass is 381 g/mol. The predicted octanol–water partition coefficient (Wildman–Crippen LogP) is 3.30. The highest BCUT2D eigenvalue weighted by atomic mass is 127. The molecule has 1 heterocycles. The molecule has 0 saturated carbocycles. The van der Waals surface area contributed by atoms with Crippen molar-refractivity contribution in [3.63, 3.8) is 0 Å². The molecule has 0 radical (unpaired) electrons. The minimum absolute atomic E-state index is 0. The van der Waals surface area contributed by atoms with Crippen LogP contribution < -0.4 is 5.73 Å². The van der Waals surface area contributed by atoms with Crippen LogP contribution in [0.1, 0.15) is 32.6 Å². The van der Waals surface area contributed by atoms with Crippen molar-refractivity contribution in [3.8, 4) is 0 Å². The van der Waals surface area contributed by atoms with Crippen LogP contribution in [-0.2, 0) is 5.41 Å². The van der Waals surface area contributed by atoms with Gasteiger partial charge in [-0.2, -0.15) is 0 Å². The molecule has 1 aromatic rings. The molecule has 18 heavy (non-hydrogen) atoms. The van der Waals surface area contributed by atoms with Gasteiger partial charge in [-0.1, -0.05) is 19.9 Å². The molecule has 0 saturated heterocycles. The zero-order valence-corrected chi connectivity index (χ0v) is 14.8. The molecule has 0 aromatic carbocycles. The number of rotatable bonds is 5. The quantitative estimate of drug-likeness (QED) is 0.483. The maximum Gasteiger partial charge on any atom is 0.191 e. The van der Waals surface area contributed by atoms with E-state index in [0.29, 0.717) is 5.96 Å². The van der Waals surface area contributed by atoms with Crippen LogP contribution in [0.25, 0.3) is 0 Å². The Balaban J connectivity index is 0.00000289. The molecule has 5 heteroatoms. The van der Waals surface area contributed by atoms with Crippen LogP contribution in [0, 0.1) is 0 Å². The van der Waals surface area contributed by atoms with Gasteiger partial charge in [0.25, 0.3) is 0 Å². The van der Waals surface area contributed by atoms with Gasteiger partial charge in [0.2, 0.25) is 0 Å². The summed E-state index contributed by atoms with van der Waals surface area (Å²) in [5, 5.41) is 2.11. The van der Waals surface area contributed by atoms with Gasteiger partial charge in [-0.3, -0.25) is 4.99 Å². The van der Waals surface area contributed by atoms with Gasteiger partial charge in [0.15, 0.2) is 5.96 Å². The van der Waals surface area contributed by atoms with Crippen LogP contribution in [0.3, 0.4) is 0 Å². The summed E-state index contributed by atoms with van der Waals surface area (Å²) in [7, 11) is 0. The molecule has 0 spiro atoms. The molecule has 0 aliphatic heterocycles. The zero-order chi connectivity index (χ0) is 12.9. The SMILES string of the molecule is CCN(CC)C(N)=NCC(C)(C)c1cccs1.I. The van der Waals surface area contributed by atoms with E-state index in [1.807, 2.05) is 0 Å². The van der Waals surface area contributed by atoms with Crippen LogP contribution in [0.2, 0.25) is 0 Å². The predicted molar refractivity (Wildman–Crippen MR) is 92.2 cm³/mol. The number of hydrogen-bond donors (Lipinski definition) is 1. The van der Waals surface area contributed by atoms with Crippen molar-refractivity contribution in [2.75, 3.05) is 19.6 Å². The van der Waals surface area contributed by atoms with Crippen molar-refractivity contribution < 1.29 is 0 Å². The first kappa shape index (κ1) is 17.7. The largest absolute Gasteiger partial charge is 0.370 e. The number of guanidine groups is 1. The van der Waals surface area contributed by atoms with Crippen molar-refractivity contribution in [2.24, 2.45) is 10.7 Å². The van der Waals surface area contributed by atoms with Gasteiger partial charge in [0.1, 0.15) is 0 Å². The molecule has 0 bridgehead atoms. The maximum atomic E-state index is 5.98. The van der Waals surface area contributed by atoms with Gasteiger partial charge in [-0.15, -0.1) is 35.3 Å². The minimum Gasteiger partial charge on any atom is -0.370 e. The van der Waals surface area contributed by atoms with Crippen LogP contribution in [0.4, 0.5) is 0 Å². The number of aliphatic imine (C=N–C) groups is 1. The standard InChI is InChI=1S/C13H23N3S.HI/c1-5-16(6-2)12(14)15-10-13(3,4)11-8-7-9-17-11;/h7-9H,5-6,10H2,1-4H3,(H2,14,15);1H. The number of nitrogens with two attached hydrogens (primary N) is 1. The molecule has 0 unspecified atom stereocenters. The van der Waals surface area contributed by atoms with E-state index in [9.17, 15) is 0 Å². The third-order valence-corrected chi connectivity index (χ3v) is 4.15. The summed E-state index contributed by atoms with van der Waals surface area (Å²) < 4.78 is 0. The summed E-state index contributed by atoms with van der Waals surface area (Å²) in [4.78, 5) is 7.95. The maximum absolute atomic E-state index is 5.98. The fourth-order valence-corrected chi connectivity index (χ4v) is 2.51. The van der Waals surface area contributed by atoms with Gasteiger partial charge in [-0.05, 0) is 25.3 Å². The summed E-state index contributed by atoms with van der Waals surface area (Å²) in [6, 6.07) is 4.24. The van der Waals surface area contributed by atoms with Gasteiger partial charge >= 0.3 is 0 Å². The first-order valence-corrected chi connectivity index (χ1v) is 6.98. The highest BCUT2D eigenvalue weighted by Crippen LogP contribution is 2.27. The van der Waals surface area contributed by atoms with Crippen LogP contribution in [-0.4, -0.2) is 30.5 Å². The molecule has 2 N–H and O–H groups in total. The van der Waals surface area contributed by atoms with Crippen molar-refractivity contribution in [1.29, 1.82) is 0 Å². The average Bonchev–Trinajstić information content (AvgIpc) is 2.82. The summed E-state index contributed by atoms with van der Waals surface area (Å²) >= 11 is 1.78. The molecule has 0 fully saturated rings. The zero-order valence-electron chi connectivity index (χ0n) is 11.6. The molecule has 0 aliphatic rings. The fraction of sp³-hybridized carbons (Fsp3) is 0.615. The van der Waals surface area contributed by atoms with Gasteiger partial charge in [-0.25, -0.2) is 0 Å². The second-order valence-corrected chi connectivity index (χ2v) is 5.66. The smallest absolute Gasteiger partial charge is 0.191 e. The van der Waals surface area contributed by atoms with Gasteiger partial charge in [0, 0.05) is 23.4 Å². The first-order chi connectivity index (χ1) is 8.01. The lowest BCUT2D eigenvalue weighted by atomic mass is 9.92. The number of halogens is 1. The highest BCUT2D eigenvalue weighted by Gasteiger charge is 2.21. The Hall–Kier alpha value is -0.300. The van der Waals surface area contributed by atoms with E-state index in [4.69, 9.17) is 5.73 Å². The van der Waals surface area contributed by atoms with Gasteiger partial charge in [0.05, 0.1) is 6.54 Å². The van der Waals surface area contributed by atoms with E-state index in [1.165, 1.54) is 4.88 Å².